The zero-order valence-corrected chi connectivity index (χ0v) is 8.76. The fraction of sp³-hybridized carbons (Fsp3) is 0.250. The Bertz CT molecular complexity index is 583. The highest BCUT2D eigenvalue weighted by molar-refractivity contribution is 6.06. The third-order valence-electron chi connectivity index (χ3n) is 3.15. The maximum absolute atomic E-state index is 13.2. The van der Waals surface area contributed by atoms with Crippen molar-refractivity contribution in [3.8, 4) is 0 Å². The first-order chi connectivity index (χ1) is 7.79. The van der Waals surface area contributed by atoms with Gasteiger partial charge in [0.05, 0.1) is 11.4 Å². The Morgan fingerprint density at radius 3 is 3.00 bits per heavy atom. The van der Waals surface area contributed by atoms with Gasteiger partial charge < -0.3 is 10.8 Å². The lowest BCUT2D eigenvalue weighted by molar-refractivity contribution is 0.629. The summed E-state index contributed by atoms with van der Waals surface area (Å²) in [6.45, 7) is 0. The van der Waals surface area contributed by atoms with E-state index in [9.17, 15) is 4.39 Å². The molecule has 2 aromatic rings. The fourth-order valence-electron chi connectivity index (χ4n) is 2.41. The summed E-state index contributed by atoms with van der Waals surface area (Å²) >= 11 is 0. The smallest absolute Gasteiger partial charge is 0.123 e. The lowest BCUT2D eigenvalue weighted by Crippen LogP contribution is -2.12. The summed E-state index contributed by atoms with van der Waals surface area (Å²) in [4.78, 5) is 3.27. The molecular formula is C12H12FN3. The lowest BCUT2D eigenvalue weighted by Gasteiger charge is -2.12. The molecule has 4 heteroatoms. The summed E-state index contributed by atoms with van der Waals surface area (Å²) in [5, 5.41) is 4.75. The second-order valence-corrected chi connectivity index (χ2v) is 4.10. The first-order valence-corrected chi connectivity index (χ1v) is 5.37. The molecule has 0 spiro atoms. The van der Waals surface area contributed by atoms with Crippen LogP contribution in [0.25, 0.3) is 10.9 Å². The van der Waals surface area contributed by atoms with Crippen LogP contribution in [0.4, 0.5) is 4.39 Å². The Morgan fingerprint density at radius 1 is 1.31 bits per heavy atom. The molecule has 16 heavy (non-hydrogen) atoms. The number of nitrogens with zero attached hydrogens (tertiary/aromatic N) is 1. The topological polar surface area (TPSA) is 54.2 Å². The summed E-state index contributed by atoms with van der Waals surface area (Å²) < 4.78 is 13.2. The Balaban J connectivity index is 2.33. The van der Waals surface area contributed by atoms with Gasteiger partial charge in [-0.3, -0.25) is 0 Å². The quantitative estimate of drug-likeness (QED) is 0.516. The van der Waals surface area contributed by atoms with Crippen molar-refractivity contribution in [3.05, 3.63) is 35.3 Å². The molecule has 1 aliphatic carbocycles. The molecule has 0 atom stereocenters. The molecule has 0 radical (unpaired) electrons. The highest BCUT2D eigenvalue weighted by atomic mass is 19.1. The fourth-order valence-corrected chi connectivity index (χ4v) is 2.41. The summed E-state index contributed by atoms with van der Waals surface area (Å²) in [5.74, 6) is 5.16. The Hall–Kier alpha value is -1.84. The minimum atomic E-state index is -0.203. The predicted molar refractivity (Wildman–Crippen MR) is 61.9 cm³/mol. The van der Waals surface area contributed by atoms with E-state index in [4.69, 9.17) is 5.84 Å². The van der Waals surface area contributed by atoms with Crippen molar-refractivity contribution in [2.45, 2.75) is 19.3 Å². The number of hydrogen-bond donors (Lipinski definition) is 2. The highest BCUT2D eigenvalue weighted by Crippen LogP contribution is 2.29. The number of aromatic amines is 1. The number of hydrogen-bond acceptors (Lipinski definition) is 2. The first-order valence-electron chi connectivity index (χ1n) is 5.37. The van der Waals surface area contributed by atoms with E-state index in [-0.39, 0.29) is 5.82 Å². The summed E-state index contributed by atoms with van der Waals surface area (Å²) in [6.07, 6.45) is 2.86. The maximum Gasteiger partial charge on any atom is 0.123 e. The van der Waals surface area contributed by atoms with Crippen LogP contribution in [-0.4, -0.2) is 10.7 Å². The average Bonchev–Trinajstić information content (AvgIpc) is 2.67. The van der Waals surface area contributed by atoms with Gasteiger partial charge in [-0.2, -0.15) is 5.10 Å². The van der Waals surface area contributed by atoms with Gasteiger partial charge in [0, 0.05) is 10.9 Å². The maximum atomic E-state index is 13.2. The first kappa shape index (κ1) is 9.39. The molecule has 0 saturated carbocycles. The van der Waals surface area contributed by atoms with Gasteiger partial charge in [0.15, 0.2) is 0 Å². The standard InChI is InChI=1S/C12H12FN3/c13-7-4-5-10-9(6-7)8-2-1-3-11(16-14)12(8)15-10/h4-6,15H,1-3,14H2/b16-11-. The van der Waals surface area contributed by atoms with Gasteiger partial charge in [-0.1, -0.05) is 0 Å². The van der Waals surface area contributed by atoms with Crippen molar-refractivity contribution in [1.82, 2.24) is 4.98 Å². The summed E-state index contributed by atoms with van der Waals surface area (Å²) in [5.41, 5.74) is 3.96. The average molecular weight is 217 g/mol. The van der Waals surface area contributed by atoms with Gasteiger partial charge in [0.1, 0.15) is 5.82 Å². The van der Waals surface area contributed by atoms with Crippen LogP contribution in [-0.2, 0) is 6.42 Å². The number of halogens is 1. The van der Waals surface area contributed by atoms with Crippen LogP contribution in [0.5, 0.6) is 0 Å². The van der Waals surface area contributed by atoms with Crippen LogP contribution in [0.1, 0.15) is 24.1 Å². The Labute approximate surface area is 92.1 Å². The van der Waals surface area contributed by atoms with Crippen molar-refractivity contribution in [2.24, 2.45) is 10.9 Å². The van der Waals surface area contributed by atoms with Gasteiger partial charge in [0.2, 0.25) is 0 Å². The van der Waals surface area contributed by atoms with Crippen molar-refractivity contribution < 1.29 is 4.39 Å². The molecule has 3 rings (SSSR count). The molecule has 0 amide bonds. The van der Waals surface area contributed by atoms with Crippen LogP contribution in [0.2, 0.25) is 0 Å². The number of fused-ring (bicyclic) bond motifs is 3. The Kier molecular flexibility index (Phi) is 1.96. The SMILES string of the molecule is N/N=C1/CCCc2c1[nH]c1ccc(F)cc21. The molecule has 0 aliphatic heterocycles. The van der Waals surface area contributed by atoms with Crippen LogP contribution in [0, 0.1) is 5.82 Å². The summed E-state index contributed by atoms with van der Waals surface area (Å²) in [7, 11) is 0. The number of hydrazone groups is 1. The van der Waals surface area contributed by atoms with E-state index in [1.165, 1.54) is 6.07 Å². The van der Waals surface area contributed by atoms with E-state index >= 15 is 0 Å². The van der Waals surface area contributed by atoms with E-state index in [1.807, 2.05) is 0 Å². The Morgan fingerprint density at radius 2 is 2.19 bits per heavy atom. The molecule has 1 aromatic heterocycles. The van der Waals surface area contributed by atoms with Gasteiger partial charge in [-0.15, -0.1) is 0 Å². The molecule has 0 saturated heterocycles. The number of aryl methyl sites for hydroxylation is 1. The van der Waals surface area contributed by atoms with Crippen molar-refractivity contribution in [3.63, 3.8) is 0 Å². The largest absolute Gasteiger partial charge is 0.353 e. The third-order valence-corrected chi connectivity index (χ3v) is 3.15. The number of nitrogens with two attached hydrogens (primary N) is 1. The molecule has 0 fully saturated rings. The van der Waals surface area contributed by atoms with E-state index in [2.05, 4.69) is 10.1 Å². The zero-order valence-electron chi connectivity index (χ0n) is 8.76. The molecule has 3 N–H and O–H groups in total. The second-order valence-electron chi connectivity index (χ2n) is 4.10. The van der Waals surface area contributed by atoms with E-state index in [0.29, 0.717) is 0 Å². The van der Waals surface area contributed by atoms with Crippen molar-refractivity contribution >= 4 is 16.6 Å². The molecule has 0 bridgehead atoms. The van der Waals surface area contributed by atoms with Crippen molar-refractivity contribution in [2.75, 3.05) is 0 Å². The van der Waals surface area contributed by atoms with Gasteiger partial charge in [-0.25, -0.2) is 4.39 Å². The molecular weight excluding hydrogens is 205 g/mol. The van der Waals surface area contributed by atoms with Crippen LogP contribution >= 0.6 is 0 Å². The zero-order chi connectivity index (χ0) is 11.1. The minimum Gasteiger partial charge on any atom is -0.353 e. The molecule has 82 valence electrons. The van der Waals surface area contributed by atoms with Gasteiger partial charge >= 0.3 is 0 Å². The van der Waals surface area contributed by atoms with Crippen molar-refractivity contribution in [1.29, 1.82) is 0 Å². The predicted octanol–water partition coefficient (Wildman–Crippen LogP) is 2.31. The lowest BCUT2D eigenvalue weighted by atomic mass is 9.94. The van der Waals surface area contributed by atoms with E-state index in [0.717, 1.165) is 47.1 Å². The second kappa shape index (κ2) is 3.33. The number of rotatable bonds is 0. The minimum absolute atomic E-state index is 0.203. The molecule has 0 unspecified atom stereocenters. The molecule has 1 heterocycles. The molecule has 1 aromatic carbocycles. The molecule has 1 aliphatic rings. The monoisotopic (exact) mass is 217 g/mol. The number of nitrogens with one attached hydrogen (secondary N) is 1. The van der Waals surface area contributed by atoms with Crippen LogP contribution < -0.4 is 5.84 Å². The van der Waals surface area contributed by atoms with E-state index in [1.54, 1.807) is 12.1 Å². The van der Waals surface area contributed by atoms with Gasteiger partial charge in [0.25, 0.3) is 0 Å². The highest BCUT2D eigenvalue weighted by Gasteiger charge is 2.20. The normalized spacial score (nSPS) is 17.9. The van der Waals surface area contributed by atoms with Crippen LogP contribution in [0.15, 0.2) is 23.3 Å². The van der Waals surface area contributed by atoms with Gasteiger partial charge in [-0.05, 0) is 43.0 Å². The number of aromatic nitrogens is 1. The summed E-state index contributed by atoms with van der Waals surface area (Å²) in [6, 6.07) is 4.80. The molecule has 3 nitrogen and oxygen atoms in total. The number of H-pyrrole nitrogens is 1. The van der Waals surface area contributed by atoms with E-state index < -0.39 is 0 Å². The number of benzene rings is 1. The van der Waals surface area contributed by atoms with Crippen LogP contribution in [0.3, 0.4) is 0 Å². The third kappa shape index (κ3) is 1.23.